The Morgan fingerprint density at radius 3 is 2.31 bits per heavy atom. The first-order chi connectivity index (χ1) is 7.58. The van der Waals surface area contributed by atoms with Crippen LogP contribution in [0.3, 0.4) is 0 Å². The van der Waals surface area contributed by atoms with E-state index < -0.39 is 31.3 Å². The molecule has 7 heteroatoms. The highest BCUT2D eigenvalue weighted by atomic mass is 79.9. The molecule has 0 bridgehead atoms. The second kappa shape index (κ2) is 5.44. The van der Waals surface area contributed by atoms with Gasteiger partial charge >= 0.3 is 0 Å². The number of rotatable bonds is 5. The minimum absolute atomic E-state index is 0.222. The van der Waals surface area contributed by atoms with Gasteiger partial charge < -0.3 is 25.1 Å². The lowest BCUT2D eigenvalue weighted by Gasteiger charge is -2.28. The molecule has 16 heavy (non-hydrogen) atoms. The monoisotopic (exact) mass is 293 g/mol. The van der Waals surface area contributed by atoms with E-state index in [2.05, 4.69) is 21.2 Å². The van der Waals surface area contributed by atoms with Crippen molar-refractivity contribution in [3.8, 4) is 0 Å². The lowest BCUT2D eigenvalue weighted by Crippen LogP contribution is -2.57. The molecule has 1 heterocycles. The van der Waals surface area contributed by atoms with E-state index in [1.807, 2.05) is 0 Å². The minimum Gasteiger partial charge on any atom is -0.457 e. The first kappa shape index (κ1) is 13.2. The Morgan fingerprint density at radius 2 is 1.94 bits per heavy atom. The van der Waals surface area contributed by atoms with Crippen LogP contribution < -0.4 is 5.32 Å². The van der Waals surface area contributed by atoms with Crippen molar-refractivity contribution in [1.82, 2.24) is 5.32 Å². The van der Waals surface area contributed by atoms with E-state index in [0.717, 1.165) is 0 Å². The van der Waals surface area contributed by atoms with Crippen molar-refractivity contribution in [3.63, 3.8) is 0 Å². The van der Waals surface area contributed by atoms with Gasteiger partial charge in [-0.1, -0.05) is 0 Å². The molecule has 0 fully saturated rings. The third-order valence-electron chi connectivity index (χ3n) is 2.15. The second-order valence-electron chi connectivity index (χ2n) is 3.32. The molecule has 0 saturated heterocycles. The van der Waals surface area contributed by atoms with Crippen molar-refractivity contribution in [2.24, 2.45) is 0 Å². The van der Waals surface area contributed by atoms with Crippen molar-refractivity contribution in [1.29, 1.82) is 0 Å². The normalized spacial score (nSPS) is 11.5. The number of aliphatic hydroxyl groups excluding tert-OH is 3. The summed E-state index contributed by atoms with van der Waals surface area (Å²) in [4.78, 5) is 11.7. The number of carbonyl (C=O) groups excluding carboxylic acids is 1. The van der Waals surface area contributed by atoms with E-state index in [4.69, 9.17) is 19.7 Å². The highest BCUT2D eigenvalue weighted by Gasteiger charge is 2.31. The molecule has 90 valence electrons. The van der Waals surface area contributed by atoms with E-state index in [1.54, 1.807) is 0 Å². The van der Waals surface area contributed by atoms with Crippen LogP contribution in [0.25, 0.3) is 0 Å². The number of hydrogen-bond acceptors (Lipinski definition) is 5. The predicted molar refractivity (Wildman–Crippen MR) is 57.9 cm³/mol. The predicted octanol–water partition coefficient (Wildman–Crippen LogP) is -0.512. The molecule has 0 aliphatic heterocycles. The molecule has 6 nitrogen and oxygen atoms in total. The Kier molecular flexibility index (Phi) is 4.48. The summed E-state index contributed by atoms with van der Waals surface area (Å²) in [6.45, 7) is -1.70. The number of aliphatic hydroxyl groups is 3. The Labute approximate surface area is 100 Å². The molecule has 0 spiro atoms. The van der Waals surface area contributed by atoms with Gasteiger partial charge in [-0.15, -0.1) is 0 Å². The summed E-state index contributed by atoms with van der Waals surface area (Å²) in [5, 5.41) is 29.4. The first-order valence-electron chi connectivity index (χ1n) is 4.46. The molecular formula is C9H12BrNO5. The van der Waals surface area contributed by atoms with Crippen LogP contribution in [0.5, 0.6) is 0 Å². The zero-order chi connectivity index (χ0) is 12.2. The third kappa shape index (κ3) is 2.62. The first-order valence-corrected chi connectivity index (χ1v) is 5.26. The molecule has 1 amide bonds. The molecule has 1 rings (SSSR count). The zero-order valence-corrected chi connectivity index (χ0v) is 9.90. The average molecular weight is 294 g/mol. The van der Waals surface area contributed by atoms with Crippen molar-refractivity contribution >= 4 is 21.8 Å². The van der Waals surface area contributed by atoms with Crippen molar-refractivity contribution in [3.05, 3.63) is 22.6 Å². The molecule has 1 aromatic rings. The maximum absolute atomic E-state index is 11.7. The number of amides is 1. The number of halogens is 1. The van der Waals surface area contributed by atoms with Crippen LogP contribution in [-0.2, 0) is 0 Å². The topological polar surface area (TPSA) is 103 Å². The van der Waals surface area contributed by atoms with Crippen LogP contribution >= 0.6 is 15.9 Å². The summed E-state index contributed by atoms with van der Waals surface area (Å²) in [6.07, 6.45) is 1.32. The molecule has 1 aromatic heterocycles. The summed E-state index contributed by atoms with van der Waals surface area (Å²) in [5.74, 6) is -0.558. The van der Waals surface area contributed by atoms with Crippen LogP contribution in [0.15, 0.2) is 21.4 Å². The van der Waals surface area contributed by atoms with Crippen LogP contribution in [0, 0.1) is 0 Å². The Balaban J connectivity index is 2.81. The summed E-state index contributed by atoms with van der Waals surface area (Å²) in [6, 6.07) is 1.43. The number of furan rings is 1. The van der Waals surface area contributed by atoms with Crippen molar-refractivity contribution < 1.29 is 24.5 Å². The average Bonchev–Trinajstić information content (AvgIpc) is 2.72. The fourth-order valence-electron chi connectivity index (χ4n) is 1.03. The summed E-state index contributed by atoms with van der Waals surface area (Å²) in [5.41, 5.74) is -1.21. The lowest BCUT2D eigenvalue weighted by molar-refractivity contribution is 0.0374. The van der Waals surface area contributed by atoms with E-state index >= 15 is 0 Å². The zero-order valence-electron chi connectivity index (χ0n) is 8.31. The van der Waals surface area contributed by atoms with Gasteiger partial charge in [-0.25, -0.2) is 0 Å². The van der Waals surface area contributed by atoms with Crippen LogP contribution in [0.1, 0.15) is 10.4 Å². The van der Waals surface area contributed by atoms with Gasteiger partial charge in [0.15, 0.2) is 4.67 Å². The van der Waals surface area contributed by atoms with Gasteiger partial charge in [-0.05, 0) is 22.0 Å². The maximum Gasteiger partial charge on any atom is 0.256 e. The summed E-state index contributed by atoms with van der Waals surface area (Å²) >= 11 is 3.03. The van der Waals surface area contributed by atoms with Crippen molar-refractivity contribution in [2.45, 2.75) is 5.54 Å². The fraction of sp³-hybridized carbons (Fsp3) is 0.444. The van der Waals surface area contributed by atoms with E-state index in [9.17, 15) is 4.79 Å². The molecule has 0 atom stereocenters. The largest absolute Gasteiger partial charge is 0.457 e. The smallest absolute Gasteiger partial charge is 0.256 e. The van der Waals surface area contributed by atoms with Gasteiger partial charge in [0, 0.05) is 0 Å². The summed E-state index contributed by atoms with van der Waals surface area (Å²) < 4.78 is 5.11. The summed E-state index contributed by atoms with van der Waals surface area (Å²) in [7, 11) is 0. The van der Waals surface area contributed by atoms with Crippen LogP contribution in [0.4, 0.5) is 0 Å². The van der Waals surface area contributed by atoms with Gasteiger partial charge in [0.05, 0.1) is 31.6 Å². The maximum atomic E-state index is 11.7. The van der Waals surface area contributed by atoms with E-state index in [1.165, 1.54) is 12.3 Å². The lowest BCUT2D eigenvalue weighted by atomic mass is 10.0. The van der Waals surface area contributed by atoms with Gasteiger partial charge in [0.2, 0.25) is 0 Å². The van der Waals surface area contributed by atoms with Gasteiger partial charge in [-0.2, -0.15) is 0 Å². The number of carbonyl (C=O) groups is 1. The van der Waals surface area contributed by atoms with Crippen LogP contribution in [0.2, 0.25) is 0 Å². The van der Waals surface area contributed by atoms with Gasteiger partial charge in [0.1, 0.15) is 5.54 Å². The number of nitrogens with one attached hydrogen (secondary N) is 1. The minimum atomic E-state index is -1.44. The van der Waals surface area contributed by atoms with E-state index in [-0.39, 0.29) is 10.2 Å². The third-order valence-corrected chi connectivity index (χ3v) is 2.76. The quantitative estimate of drug-likeness (QED) is 0.585. The van der Waals surface area contributed by atoms with Gasteiger partial charge in [0.25, 0.3) is 5.91 Å². The van der Waals surface area contributed by atoms with E-state index in [0.29, 0.717) is 0 Å². The Morgan fingerprint density at radius 1 is 1.38 bits per heavy atom. The SMILES string of the molecule is O=C(NC(CO)(CO)CO)c1ccoc1Br. The molecule has 0 saturated carbocycles. The standard InChI is InChI=1S/C9H12BrNO5/c10-7-6(1-2-16-7)8(15)11-9(3-12,4-13)5-14/h1-2,12-14H,3-5H2,(H,11,15). The van der Waals surface area contributed by atoms with Gasteiger partial charge in [-0.3, -0.25) is 4.79 Å². The second-order valence-corrected chi connectivity index (χ2v) is 4.04. The van der Waals surface area contributed by atoms with Crippen LogP contribution in [-0.4, -0.2) is 46.6 Å². The highest BCUT2D eigenvalue weighted by Crippen LogP contribution is 2.18. The molecule has 0 aromatic carbocycles. The Bertz CT molecular complexity index is 352. The van der Waals surface area contributed by atoms with Crippen molar-refractivity contribution in [2.75, 3.05) is 19.8 Å². The molecule has 0 unspecified atom stereocenters. The molecule has 0 aliphatic rings. The highest BCUT2D eigenvalue weighted by molar-refractivity contribution is 9.10. The molecule has 0 aliphatic carbocycles. The fourth-order valence-corrected chi connectivity index (χ4v) is 1.45. The molecule has 0 radical (unpaired) electrons. The number of hydrogen-bond donors (Lipinski definition) is 4. The molecule has 4 N–H and O–H groups in total. The molecular weight excluding hydrogens is 282 g/mol. The Hall–Kier alpha value is -0.890.